The van der Waals surface area contributed by atoms with Crippen molar-refractivity contribution >= 4 is 17.5 Å². The highest BCUT2D eigenvalue weighted by Gasteiger charge is 2.37. The van der Waals surface area contributed by atoms with E-state index in [-0.39, 0.29) is 17.4 Å². The van der Waals surface area contributed by atoms with Crippen LogP contribution in [0, 0.1) is 5.41 Å². The number of carbonyl (C=O) groups excluding carboxylic acids is 1. The molecule has 1 saturated carbocycles. The summed E-state index contributed by atoms with van der Waals surface area (Å²) >= 11 is 5.90. The Bertz CT molecular complexity index is 449. The van der Waals surface area contributed by atoms with Crippen molar-refractivity contribution in [1.82, 2.24) is 5.32 Å². The van der Waals surface area contributed by atoms with Gasteiger partial charge in [0.1, 0.15) is 0 Å². The first-order valence-electron chi connectivity index (χ1n) is 7.33. The van der Waals surface area contributed by atoms with Crippen molar-refractivity contribution in [2.24, 2.45) is 11.1 Å². The van der Waals surface area contributed by atoms with Gasteiger partial charge in [0.15, 0.2) is 0 Å². The summed E-state index contributed by atoms with van der Waals surface area (Å²) in [7, 11) is 0. The van der Waals surface area contributed by atoms with Gasteiger partial charge in [0.05, 0.1) is 6.04 Å². The Kier molecular flexibility index (Phi) is 5.06. The maximum Gasteiger partial charge on any atom is 0.221 e. The number of carbonyl (C=O) groups is 1. The predicted molar refractivity (Wildman–Crippen MR) is 82.6 cm³/mol. The van der Waals surface area contributed by atoms with E-state index >= 15 is 0 Å². The molecule has 1 aliphatic rings. The van der Waals surface area contributed by atoms with E-state index in [1.54, 1.807) is 0 Å². The Morgan fingerprint density at radius 3 is 2.50 bits per heavy atom. The van der Waals surface area contributed by atoms with Crippen LogP contribution >= 0.6 is 11.6 Å². The lowest BCUT2D eigenvalue weighted by Gasteiger charge is -2.40. The molecule has 3 N–H and O–H groups in total. The summed E-state index contributed by atoms with van der Waals surface area (Å²) in [5, 5.41) is 3.84. The molecule has 110 valence electrons. The zero-order valence-electron chi connectivity index (χ0n) is 12.0. The summed E-state index contributed by atoms with van der Waals surface area (Å²) in [6, 6.07) is 7.71. The highest BCUT2D eigenvalue weighted by molar-refractivity contribution is 6.30. The summed E-state index contributed by atoms with van der Waals surface area (Å²) in [5.41, 5.74) is 6.97. The maximum atomic E-state index is 12.2. The van der Waals surface area contributed by atoms with Crippen molar-refractivity contribution in [3.05, 3.63) is 34.9 Å². The predicted octanol–water partition coefficient (Wildman–Crippen LogP) is 3.43. The van der Waals surface area contributed by atoms with Crippen molar-refractivity contribution in [2.75, 3.05) is 6.54 Å². The topological polar surface area (TPSA) is 55.1 Å². The Morgan fingerprint density at radius 1 is 1.40 bits per heavy atom. The van der Waals surface area contributed by atoms with Crippen molar-refractivity contribution in [3.63, 3.8) is 0 Å². The van der Waals surface area contributed by atoms with Gasteiger partial charge in [0, 0.05) is 11.4 Å². The number of nitrogens with one attached hydrogen (secondary N) is 1. The lowest BCUT2D eigenvalue weighted by molar-refractivity contribution is -0.125. The summed E-state index contributed by atoms with van der Waals surface area (Å²) < 4.78 is 0. The molecule has 3 nitrogen and oxygen atoms in total. The van der Waals surface area contributed by atoms with Gasteiger partial charge in [-0.05, 0) is 48.9 Å². The second-order valence-electron chi connectivity index (χ2n) is 5.81. The third-order valence-electron chi connectivity index (χ3n) is 4.40. The SMILES string of the molecule is CCC(NC(=O)CC1(CN)CCC1)c1ccc(Cl)cc1. The van der Waals surface area contributed by atoms with Gasteiger partial charge in [-0.3, -0.25) is 4.79 Å². The molecule has 0 spiro atoms. The number of hydrogen-bond acceptors (Lipinski definition) is 2. The molecule has 1 fully saturated rings. The highest BCUT2D eigenvalue weighted by Crippen LogP contribution is 2.42. The van der Waals surface area contributed by atoms with Gasteiger partial charge in [-0.25, -0.2) is 0 Å². The second kappa shape index (κ2) is 6.59. The molecular formula is C16H23ClN2O. The number of benzene rings is 1. The number of amides is 1. The summed E-state index contributed by atoms with van der Waals surface area (Å²) in [5.74, 6) is 0.108. The van der Waals surface area contributed by atoms with E-state index < -0.39 is 0 Å². The van der Waals surface area contributed by atoms with Crippen LogP contribution in [0.2, 0.25) is 5.02 Å². The lowest BCUT2D eigenvalue weighted by Crippen LogP contribution is -2.42. The van der Waals surface area contributed by atoms with Crippen LogP contribution in [0.15, 0.2) is 24.3 Å². The molecule has 2 rings (SSSR count). The van der Waals surface area contributed by atoms with Gasteiger partial charge in [0.25, 0.3) is 0 Å². The molecular weight excluding hydrogens is 272 g/mol. The van der Waals surface area contributed by atoms with Gasteiger partial charge in [0.2, 0.25) is 5.91 Å². The molecule has 0 heterocycles. The van der Waals surface area contributed by atoms with Gasteiger partial charge >= 0.3 is 0 Å². The van der Waals surface area contributed by atoms with Crippen LogP contribution in [0.1, 0.15) is 50.6 Å². The Labute approximate surface area is 125 Å². The van der Waals surface area contributed by atoms with Crippen LogP contribution in [0.5, 0.6) is 0 Å². The summed E-state index contributed by atoms with van der Waals surface area (Å²) in [6.07, 6.45) is 4.76. The first kappa shape index (κ1) is 15.3. The van der Waals surface area contributed by atoms with Crippen molar-refractivity contribution < 1.29 is 4.79 Å². The van der Waals surface area contributed by atoms with Crippen LogP contribution in [0.3, 0.4) is 0 Å². The largest absolute Gasteiger partial charge is 0.349 e. The Hall–Kier alpha value is -1.06. The molecule has 1 aliphatic carbocycles. The average molecular weight is 295 g/mol. The number of rotatable bonds is 6. The average Bonchev–Trinajstić information content (AvgIpc) is 2.41. The molecule has 0 aromatic heterocycles. The van der Waals surface area contributed by atoms with Crippen molar-refractivity contribution in [2.45, 2.75) is 45.1 Å². The minimum Gasteiger partial charge on any atom is -0.349 e. The van der Waals surface area contributed by atoms with E-state index in [1.807, 2.05) is 24.3 Å². The van der Waals surface area contributed by atoms with Gasteiger partial charge in [-0.2, -0.15) is 0 Å². The highest BCUT2D eigenvalue weighted by atomic mass is 35.5. The monoisotopic (exact) mass is 294 g/mol. The molecule has 1 aromatic rings. The van der Waals surface area contributed by atoms with Crippen LogP contribution < -0.4 is 11.1 Å². The molecule has 0 bridgehead atoms. The fourth-order valence-corrected chi connectivity index (χ4v) is 2.96. The maximum absolute atomic E-state index is 12.2. The van der Waals surface area contributed by atoms with E-state index in [2.05, 4.69) is 12.2 Å². The molecule has 0 saturated heterocycles. The van der Waals surface area contributed by atoms with Gasteiger partial charge < -0.3 is 11.1 Å². The first-order valence-corrected chi connectivity index (χ1v) is 7.71. The molecule has 1 atom stereocenters. The minimum absolute atomic E-state index is 0.0506. The Morgan fingerprint density at radius 2 is 2.05 bits per heavy atom. The van der Waals surface area contributed by atoms with Crippen LogP contribution in [-0.4, -0.2) is 12.5 Å². The zero-order valence-corrected chi connectivity index (χ0v) is 12.7. The fourth-order valence-electron chi connectivity index (χ4n) is 2.83. The fraction of sp³-hybridized carbons (Fsp3) is 0.562. The van der Waals surface area contributed by atoms with Gasteiger partial charge in [-0.1, -0.05) is 37.1 Å². The van der Waals surface area contributed by atoms with Crippen LogP contribution in [-0.2, 0) is 4.79 Å². The standard InChI is InChI=1S/C16H23ClN2O/c1-2-14(12-4-6-13(17)7-5-12)19-15(20)10-16(11-18)8-3-9-16/h4-7,14H,2-3,8-11,18H2,1H3,(H,19,20). The summed E-state index contributed by atoms with van der Waals surface area (Å²) in [6.45, 7) is 2.68. The third-order valence-corrected chi connectivity index (χ3v) is 4.65. The normalized spacial score (nSPS) is 18.1. The molecule has 4 heteroatoms. The smallest absolute Gasteiger partial charge is 0.221 e. The van der Waals surface area contributed by atoms with E-state index in [0.717, 1.165) is 24.8 Å². The minimum atomic E-state index is 0.0506. The number of nitrogens with two attached hydrogens (primary N) is 1. The molecule has 20 heavy (non-hydrogen) atoms. The van der Waals surface area contributed by atoms with Gasteiger partial charge in [-0.15, -0.1) is 0 Å². The quantitative estimate of drug-likeness (QED) is 0.844. The van der Waals surface area contributed by atoms with E-state index in [4.69, 9.17) is 17.3 Å². The third kappa shape index (κ3) is 3.53. The molecule has 1 aromatic carbocycles. The van der Waals surface area contributed by atoms with Crippen LogP contribution in [0.4, 0.5) is 0 Å². The van der Waals surface area contributed by atoms with E-state index in [0.29, 0.717) is 18.0 Å². The zero-order chi connectivity index (χ0) is 14.6. The number of hydrogen-bond donors (Lipinski definition) is 2. The van der Waals surface area contributed by atoms with E-state index in [1.165, 1.54) is 6.42 Å². The molecule has 1 unspecified atom stereocenters. The Balaban J connectivity index is 1.95. The van der Waals surface area contributed by atoms with Crippen molar-refractivity contribution in [1.29, 1.82) is 0 Å². The first-order chi connectivity index (χ1) is 9.58. The van der Waals surface area contributed by atoms with Crippen molar-refractivity contribution in [3.8, 4) is 0 Å². The molecule has 1 amide bonds. The number of halogens is 1. The van der Waals surface area contributed by atoms with Crippen LogP contribution in [0.25, 0.3) is 0 Å². The summed E-state index contributed by atoms with van der Waals surface area (Å²) in [4.78, 5) is 12.2. The lowest BCUT2D eigenvalue weighted by atomic mass is 9.66. The van der Waals surface area contributed by atoms with E-state index in [9.17, 15) is 4.79 Å². The molecule has 0 aliphatic heterocycles. The second-order valence-corrected chi connectivity index (χ2v) is 6.25. The molecule has 0 radical (unpaired) electrons.